The van der Waals surface area contributed by atoms with E-state index in [1.807, 2.05) is 19.1 Å². The SMILES string of the molecule is Cc1cc(Br)oc1C(=O)N(Cc1ccco1)C[C@@H]1CCCO1. The zero-order chi connectivity index (χ0) is 15.5. The molecule has 1 aliphatic heterocycles. The van der Waals surface area contributed by atoms with E-state index < -0.39 is 0 Å². The highest BCUT2D eigenvalue weighted by Crippen LogP contribution is 2.23. The maximum atomic E-state index is 12.8. The van der Waals surface area contributed by atoms with Gasteiger partial charge in [-0.15, -0.1) is 0 Å². The third-order valence-electron chi connectivity index (χ3n) is 3.74. The Morgan fingerprint density at radius 3 is 2.95 bits per heavy atom. The molecule has 0 saturated carbocycles. The molecule has 2 aromatic rings. The van der Waals surface area contributed by atoms with Gasteiger partial charge < -0.3 is 18.5 Å². The van der Waals surface area contributed by atoms with Gasteiger partial charge in [0, 0.05) is 18.7 Å². The van der Waals surface area contributed by atoms with Crippen molar-refractivity contribution in [3.05, 3.63) is 46.2 Å². The fraction of sp³-hybridized carbons (Fsp3) is 0.438. The molecule has 1 amide bonds. The molecular weight excluding hydrogens is 350 g/mol. The number of carbonyl (C=O) groups is 1. The molecule has 6 heteroatoms. The zero-order valence-corrected chi connectivity index (χ0v) is 14.0. The average Bonchev–Trinajstić information content (AvgIpc) is 3.20. The number of hydrogen-bond donors (Lipinski definition) is 0. The van der Waals surface area contributed by atoms with Gasteiger partial charge in [-0.1, -0.05) is 0 Å². The molecule has 0 N–H and O–H groups in total. The van der Waals surface area contributed by atoms with Gasteiger partial charge in [-0.2, -0.15) is 0 Å². The van der Waals surface area contributed by atoms with Gasteiger partial charge in [0.25, 0.3) is 5.91 Å². The minimum Gasteiger partial charge on any atom is -0.467 e. The smallest absolute Gasteiger partial charge is 0.290 e. The van der Waals surface area contributed by atoms with Crippen LogP contribution < -0.4 is 0 Å². The van der Waals surface area contributed by atoms with Gasteiger partial charge in [0.05, 0.1) is 18.9 Å². The number of halogens is 1. The van der Waals surface area contributed by atoms with Crippen LogP contribution in [0.4, 0.5) is 0 Å². The Balaban J connectivity index is 1.79. The first kappa shape index (κ1) is 15.4. The molecule has 1 aliphatic rings. The van der Waals surface area contributed by atoms with Gasteiger partial charge in [-0.3, -0.25) is 4.79 Å². The van der Waals surface area contributed by atoms with Gasteiger partial charge in [-0.25, -0.2) is 0 Å². The van der Waals surface area contributed by atoms with E-state index in [9.17, 15) is 4.79 Å². The lowest BCUT2D eigenvalue weighted by molar-refractivity contribution is 0.0466. The predicted octanol–water partition coefficient (Wildman–Crippen LogP) is 3.76. The molecule has 5 nitrogen and oxygen atoms in total. The summed E-state index contributed by atoms with van der Waals surface area (Å²) >= 11 is 3.27. The summed E-state index contributed by atoms with van der Waals surface area (Å²) in [6.45, 7) is 3.57. The summed E-state index contributed by atoms with van der Waals surface area (Å²) in [6.07, 6.45) is 3.71. The third-order valence-corrected chi connectivity index (χ3v) is 4.13. The van der Waals surface area contributed by atoms with Crippen molar-refractivity contribution in [3.8, 4) is 0 Å². The minimum absolute atomic E-state index is 0.0811. The fourth-order valence-electron chi connectivity index (χ4n) is 2.64. The van der Waals surface area contributed by atoms with Gasteiger partial charge in [0.2, 0.25) is 0 Å². The van der Waals surface area contributed by atoms with E-state index >= 15 is 0 Å². The Bertz CT molecular complexity index is 629. The largest absolute Gasteiger partial charge is 0.467 e. The highest BCUT2D eigenvalue weighted by Gasteiger charge is 2.27. The number of nitrogens with zero attached hydrogens (tertiary/aromatic N) is 1. The van der Waals surface area contributed by atoms with Crippen LogP contribution in [0.1, 0.15) is 34.7 Å². The van der Waals surface area contributed by atoms with Crippen molar-refractivity contribution in [2.75, 3.05) is 13.2 Å². The highest BCUT2D eigenvalue weighted by molar-refractivity contribution is 9.10. The van der Waals surface area contributed by atoms with E-state index in [0.717, 1.165) is 30.8 Å². The van der Waals surface area contributed by atoms with E-state index in [1.165, 1.54) is 0 Å². The summed E-state index contributed by atoms with van der Waals surface area (Å²) in [6, 6.07) is 5.48. The lowest BCUT2D eigenvalue weighted by Gasteiger charge is -2.24. The molecule has 3 rings (SSSR count). The maximum Gasteiger partial charge on any atom is 0.290 e. The lowest BCUT2D eigenvalue weighted by atomic mass is 10.2. The van der Waals surface area contributed by atoms with Crippen molar-refractivity contribution in [1.82, 2.24) is 4.90 Å². The van der Waals surface area contributed by atoms with Crippen molar-refractivity contribution in [3.63, 3.8) is 0 Å². The summed E-state index contributed by atoms with van der Waals surface area (Å²) in [4.78, 5) is 14.5. The van der Waals surface area contributed by atoms with Gasteiger partial charge in [-0.05, 0) is 53.9 Å². The van der Waals surface area contributed by atoms with Crippen molar-refractivity contribution in [2.24, 2.45) is 0 Å². The van der Waals surface area contributed by atoms with Gasteiger partial charge >= 0.3 is 0 Å². The van der Waals surface area contributed by atoms with E-state index in [2.05, 4.69) is 15.9 Å². The van der Waals surface area contributed by atoms with Crippen LogP contribution in [0.3, 0.4) is 0 Å². The molecule has 1 saturated heterocycles. The van der Waals surface area contributed by atoms with Crippen molar-refractivity contribution in [2.45, 2.75) is 32.4 Å². The highest BCUT2D eigenvalue weighted by atomic mass is 79.9. The molecular formula is C16H18BrNO4. The Kier molecular flexibility index (Phi) is 4.69. The van der Waals surface area contributed by atoms with Gasteiger partial charge in [0.15, 0.2) is 10.4 Å². The monoisotopic (exact) mass is 367 g/mol. The molecule has 118 valence electrons. The first-order valence-corrected chi connectivity index (χ1v) is 8.12. The summed E-state index contributed by atoms with van der Waals surface area (Å²) in [5, 5.41) is 0. The summed E-state index contributed by atoms with van der Waals surface area (Å²) in [7, 11) is 0. The molecule has 1 atom stereocenters. The summed E-state index contributed by atoms with van der Waals surface area (Å²) in [5.74, 6) is 0.959. The number of furan rings is 2. The second-order valence-electron chi connectivity index (χ2n) is 5.46. The Labute approximate surface area is 137 Å². The molecule has 0 radical (unpaired) electrons. The molecule has 2 aromatic heterocycles. The molecule has 1 fully saturated rings. The van der Waals surface area contributed by atoms with E-state index in [1.54, 1.807) is 17.2 Å². The van der Waals surface area contributed by atoms with E-state index in [0.29, 0.717) is 23.5 Å². The van der Waals surface area contributed by atoms with Crippen LogP contribution >= 0.6 is 15.9 Å². The second-order valence-corrected chi connectivity index (χ2v) is 6.24. The zero-order valence-electron chi connectivity index (χ0n) is 12.4. The molecule has 22 heavy (non-hydrogen) atoms. The quantitative estimate of drug-likeness (QED) is 0.806. The third kappa shape index (κ3) is 3.44. The molecule has 0 bridgehead atoms. The summed E-state index contributed by atoms with van der Waals surface area (Å²) < 4.78 is 17.1. The van der Waals surface area contributed by atoms with Crippen LogP contribution in [0.2, 0.25) is 0 Å². The second kappa shape index (κ2) is 6.71. The van der Waals surface area contributed by atoms with Crippen LogP contribution in [0.15, 0.2) is 38.0 Å². The Morgan fingerprint density at radius 1 is 1.50 bits per heavy atom. The van der Waals surface area contributed by atoms with Crippen molar-refractivity contribution in [1.29, 1.82) is 0 Å². The van der Waals surface area contributed by atoms with Crippen LogP contribution in [-0.4, -0.2) is 30.1 Å². The van der Waals surface area contributed by atoms with Crippen molar-refractivity contribution >= 4 is 21.8 Å². The van der Waals surface area contributed by atoms with E-state index in [4.69, 9.17) is 13.6 Å². The number of hydrogen-bond acceptors (Lipinski definition) is 4. The number of carbonyl (C=O) groups excluding carboxylic acids is 1. The standard InChI is InChI=1S/C16H18BrNO4/c1-11-8-14(17)22-15(11)16(19)18(9-12-4-2-6-20-12)10-13-5-3-7-21-13/h2,4,6,8,13H,3,5,7,9-10H2,1H3/t13-/m0/s1. The molecule has 0 aliphatic carbocycles. The van der Waals surface area contributed by atoms with Crippen molar-refractivity contribution < 1.29 is 18.4 Å². The predicted molar refractivity (Wildman–Crippen MR) is 83.6 cm³/mol. The first-order chi connectivity index (χ1) is 10.6. The first-order valence-electron chi connectivity index (χ1n) is 7.32. The molecule has 0 spiro atoms. The number of amides is 1. The number of aryl methyl sites for hydroxylation is 1. The average molecular weight is 368 g/mol. The van der Waals surface area contributed by atoms with Crippen LogP contribution in [0, 0.1) is 6.92 Å². The number of ether oxygens (including phenoxy) is 1. The molecule has 3 heterocycles. The minimum atomic E-state index is -0.143. The Morgan fingerprint density at radius 2 is 2.36 bits per heavy atom. The number of rotatable bonds is 5. The normalized spacial score (nSPS) is 17.8. The Hall–Kier alpha value is -1.53. The van der Waals surface area contributed by atoms with Gasteiger partial charge in [0.1, 0.15) is 5.76 Å². The van der Waals surface area contributed by atoms with Crippen LogP contribution in [0.25, 0.3) is 0 Å². The molecule has 0 unspecified atom stereocenters. The topological polar surface area (TPSA) is 55.8 Å². The summed E-state index contributed by atoms with van der Waals surface area (Å²) in [5.41, 5.74) is 0.814. The maximum absolute atomic E-state index is 12.8. The van der Waals surface area contributed by atoms with Crippen LogP contribution in [0.5, 0.6) is 0 Å². The lowest BCUT2D eigenvalue weighted by Crippen LogP contribution is -2.37. The fourth-order valence-corrected chi connectivity index (χ4v) is 3.15. The van der Waals surface area contributed by atoms with E-state index in [-0.39, 0.29) is 12.0 Å². The molecule has 0 aromatic carbocycles. The van der Waals surface area contributed by atoms with Crippen LogP contribution in [-0.2, 0) is 11.3 Å².